The lowest BCUT2D eigenvalue weighted by Crippen LogP contribution is -2.52. The number of nitrogens with one attached hydrogen (secondary N) is 2. The third-order valence-corrected chi connectivity index (χ3v) is 3.91. The van der Waals surface area contributed by atoms with Gasteiger partial charge in [-0.05, 0) is 18.4 Å². The molecule has 1 atom stereocenters. The van der Waals surface area contributed by atoms with E-state index in [2.05, 4.69) is 10.6 Å². The zero-order chi connectivity index (χ0) is 13.7. The van der Waals surface area contributed by atoms with Gasteiger partial charge in [0, 0.05) is 49.6 Å². The molecule has 19 heavy (non-hydrogen) atoms. The van der Waals surface area contributed by atoms with Crippen molar-refractivity contribution < 1.29 is 9.59 Å². The second-order valence-electron chi connectivity index (χ2n) is 4.66. The number of thiophene rings is 1. The largest absolute Gasteiger partial charge is 0.351 e. The number of rotatable bonds is 4. The van der Waals surface area contributed by atoms with Gasteiger partial charge in [0.15, 0.2) is 0 Å². The Balaban J connectivity index is 1.73. The van der Waals surface area contributed by atoms with Crippen molar-refractivity contribution in [2.75, 3.05) is 26.2 Å². The van der Waals surface area contributed by atoms with Crippen molar-refractivity contribution in [1.82, 2.24) is 15.5 Å². The summed E-state index contributed by atoms with van der Waals surface area (Å²) >= 11 is 1.49. The number of carbonyl (C=O) groups excluding carboxylic acids is 2. The third kappa shape index (κ3) is 3.78. The van der Waals surface area contributed by atoms with Gasteiger partial charge in [0.1, 0.15) is 0 Å². The van der Waals surface area contributed by atoms with E-state index >= 15 is 0 Å². The first-order chi connectivity index (χ1) is 9.18. The van der Waals surface area contributed by atoms with E-state index in [-0.39, 0.29) is 17.9 Å². The molecule has 6 heteroatoms. The lowest BCUT2D eigenvalue weighted by atomic mass is 10.2. The second-order valence-corrected chi connectivity index (χ2v) is 5.44. The van der Waals surface area contributed by atoms with Gasteiger partial charge in [0.05, 0.1) is 0 Å². The van der Waals surface area contributed by atoms with Gasteiger partial charge in [-0.25, -0.2) is 0 Å². The molecule has 104 valence electrons. The van der Waals surface area contributed by atoms with E-state index in [1.807, 2.05) is 17.2 Å². The van der Waals surface area contributed by atoms with Crippen LogP contribution in [0.25, 0.3) is 0 Å². The Morgan fingerprint density at radius 1 is 1.58 bits per heavy atom. The molecule has 1 aromatic rings. The summed E-state index contributed by atoms with van der Waals surface area (Å²) in [7, 11) is 0. The quantitative estimate of drug-likeness (QED) is 0.853. The first-order valence-corrected chi connectivity index (χ1v) is 7.43. The van der Waals surface area contributed by atoms with Crippen LogP contribution in [0.3, 0.4) is 0 Å². The SMILES string of the molecule is CC1CNCCN1C(=O)CCNC(=O)c1ccsc1. The van der Waals surface area contributed by atoms with Gasteiger partial charge in [0.25, 0.3) is 5.91 Å². The summed E-state index contributed by atoms with van der Waals surface area (Å²) in [4.78, 5) is 25.6. The number of amides is 2. The molecule has 1 saturated heterocycles. The van der Waals surface area contributed by atoms with Gasteiger partial charge in [-0.1, -0.05) is 0 Å². The first kappa shape index (κ1) is 14.0. The van der Waals surface area contributed by atoms with Gasteiger partial charge in [-0.15, -0.1) is 0 Å². The number of hydrogen-bond acceptors (Lipinski definition) is 4. The average Bonchev–Trinajstić information content (AvgIpc) is 2.93. The van der Waals surface area contributed by atoms with Crippen molar-refractivity contribution >= 4 is 23.2 Å². The molecular formula is C13H19N3O2S. The molecule has 1 aromatic heterocycles. The molecule has 0 aliphatic carbocycles. The Labute approximate surface area is 117 Å². The van der Waals surface area contributed by atoms with Crippen LogP contribution in [0.15, 0.2) is 16.8 Å². The minimum atomic E-state index is -0.109. The number of carbonyl (C=O) groups is 2. The summed E-state index contributed by atoms with van der Waals surface area (Å²) in [5.74, 6) is 0.00188. The van der Waals surface area contributed by atoms with E-state index in [0.29, 0.717) is 18.5 Å². The Morgan fingerprint density at radius 3 is 3.11 bits per heavy atom. The Bertz CT molecular complexity index is 433. The van der Waals surface area contributed by atoms with Crippen molar-refractivity contribution in [1.29, 1.82) is 0 Å². The Kier molecular flexibility index (Phi) is 4.93. The molecule has 5 nitrogen and oxygen atoms in total. The molecule has 1 fully saturated rings. The normalized spacial score (nSPS) is 19.2. The minimum Gasteiger partial charge on any atom is -0.351 e. The van der Waals surface area contributed by atoms with Crippen LogP contribution >= 0.6 is 11.3 Å². The third-order valence-electron chi connectivity index (χ3n) is 3.23. The number of piperazine rings is 1. The zero-order valence-corrected chi connectivity index (χ0v) is 11.8. The van der Waals surface area contributed by atoms with Gasteiger partial charge in [-0.2, -0.15) is 11.3 Å². The van der Waals surface area contributed by atoms with Crippen molar-refractivity contribution in [2.24, 2.45) is 0 Å². The molecule has 1 unspecified atom stereocenters. The van der Waals surface area contributed by atoms with Crippen LogP contribution in [0.5, 0.6) is 0 Å². The summed E-state index contributed by atoms with van der Waals surface area (Å²) in [6.07, 6.45) is 0.361. The molecule has 0 bridgehead atoms. The highest BCUT2D eigenvalue weighted by molar-refractivity contribution is 7.08. The maximum atomic E-state index is 12.0. The average molecular weight is 281 g/mol. The van der Waals surface area contributed by atoms with E-state index in [1.165, 1.54) is 11.3 Å². The predicted octanol–water partition coefficient (Wildman–Crippen LogP) is 0.688. The van der Waals surface area contributed by atoms with Crippen molar-refractivity contribution in [2.45, 2.75) is 19.4 Å². The van der Waals surface area contributed by atoms with Crippen LogP contribution in [-0.2, 0) is 4.79 Å². The Morgan fingerprint density at radius 2 is 2.42 bits per heavy atom. The lowest BCUT2D eigenvalue weighted by molar-refractivity contribution is -0.133. The zero-order valence-electron chi connectivity index (χ0n) is 11.0. The lowest BCUT2D eigenvalue weighted by Gasteiger charge is -2.34. The summed E-state index contributed by atoms with van der Waals surface area (Å²) < 4.78 is 0. The molecule has 2 N–H and O–H groups in total. The van der Waals surface area contributed by atoms with Crippen LogP contribution < -0.4 is 10.6 Å². The molecule has 1 aliphatic heterocycles. The number of nitrogens with zero attached hydrogens (tertiary/aromatic N) is 1. The second kappa shape index (κ2) is 6.68. The highest BCUT2D eigenvalue weighted by Gasteiger charge is 2.22. The van der Waals surface area contributed by atoms with Crippen LogP contribution in [0.1, 0.15) is 23.7 Å². The van der Waals surface area contributed by atoms with E-state index in [1.54, 1.807) is 11.4 Å². The molecule has 0 saturated carbocycles. The van der Waals surface area contributed by atoms with Crippen LogP contribution in [0.4, 0.5) is 0 Å². The van der Waals surface area contributed by atoms with Gasteiger partial charge < -0.3 is 15.5 Å². The highest BCUT2D eigenvalue weighted by atomic mass is 32.1. The minimum absolute atomic E-state index is 0.109. The monoisotopic (exact) mass is 281 g/mol. The van der Waals surface area contributed by atoms with E-state index in [4.69, 9.17) is 0 Å². The van der Waals surface area contributed by atoms with Gasteiger partial charge >= 0.3 is 0 Å². The van der Waals surface area contributed by atoms with Crippen LogP contribution in [0.2, 0.25) is 0 Å². The predicted molar refractivity (Wildman–Crippen MR) is 75.3 cm³/mol. The van der Waals surface area contributed by atoms with E-state index in [9.17, 15) is 9.59 Å². The van der Waals surface area contributed by atoms with Crippen molar-refractivity contribution in [3.63, 3.8) is 0 Å². The fourth-order valence-electron chi connectivity index (χ4n) is 2.13. The topological polar surface area (TPSA) is 61.4 Å². The summed E-state index contributed by atoms with van der Waals surface area (Å²) in [6.45, 7) is 4.86. The van der Waals surface area contributed by atoms with Gasteiger partial charge in [-0.3, -0.25) is 9.59 Å². The van der Waals surface area contributed by atoms with Gasteiger partial charge in [0.2, 0.25) is 5.91 Å². The highest BCUT2D eigenvalue weighted by Crippen LogP contribution is 2.06. The maximum Gasteiger partial charge on any atom is 0.252 e. The fraction of sp³-hybridized carbons (Fsp3) is 0.538. The van der Waals surface area contributed by atoms with Crippen molar-refractivity contribution in [3.8, 4) is 0 Å². The molecular weight excluding hydrogens is 262 g/mol. The van der Waals surface area contributed by atoms with Crippen LogP contribution in [-0.4, -0.2) is 48.9 Å². The molecule has 0 radical (unpaired) electrons. The maximum absolute atomic E-state index is 12.0. The molecule has 1 aliphatic rings. The molecule has 0 aromatic carbocycles. The Hall–Kier alpha value is -1.40. The smallest absolute Gasteiger partial charge is 0.252 e. The fourth-order valence-corrected chi connectivity index (χ4v) is 2.77. The molecule has 0 spiro atoms. The molecule has 2 rings (SSSR count). The summed E-state index contributed by atoms with van der Waals surface area (Å²) in [6, 6.07) is 2.01. The summed E-state index contributed by atoms with van der Waals surface area (Å²) in [5, 5.41) is 9.69. The number of hydrogen-bond donors (Lipinski definition) is 2. The molecule has 2 heterocycles. The van der Waals surface area contributed by atoms with Crippen LogP contribution in [0, 0.1) is 0 Å². The van der Waals surface area contributed by atoms with Crippen molar-refractivity contribution in [3.05, 3.63) is 22.4 Å². The summed E-state index contributed by atoms with van der Waals surface area (Å²) in [5.41, 5.74) is 0.660. The first-order valence-electron chi connectivity index (χ1n) is 6.49. The van der Waals surface area contributed by atoms with E-state index < -0.39 is 0 Å². The molecule has 2 amide bonds. The van der Waals surface area contributed by atoms with E-state index in [0.717, 1.165) is 19.6 Å². The standard InChI is InChI=1S/C13H19N3O2S/c1-10-8-14-5-6-16(10)12(17)2-4-15-13(18)11-3-7-19-9-11/h3,7,9-10,14H,2,4-6,8H2,1H3,(H,15,18).